The van der Waals surface area contributed by atoms with E-state index in [9.17, 15) is 13.5 Å². The van der Waals surface area contributed by atoms with Crippen LogP contribution in [0.2, 0.25) is 0 Å². The van der Waals surface area contributed by atoms with E-state index >= 15 is 0 Å². The summed E-state index contributed by atoms with van der Waals surface area (Å²) in [6.07, 6.45) is 5.95. The Morgan fingerprint density at radius 2 is 1.72 bits per heavy atom. The summed E-state index contributed by atoms with van der Waals surface area (Å²) in [6.45, 7) is 0. The standard InChI is InChI=1S/C24H29N3O4S/c25-20(14-17-6-2-1-3-7-17)23(28)16-24(31-18-8-4-5-9-18)32(29,30)19-10-11-21-22(15-19)27-13-12-26-21/h1-3,6-7,10-13,15,18,20,23-24,28H,4-5,8-9,14,16,25H2/t20-,23+,24?/m0/s1. The normalized spacial score (nSPS) is 17.9. The molecule has 4 rings (SSSR count). The minimum absolute atomic E-state index is 0.0919. The van der Waals surface area contributed by atoms with Crippen LogP contribution in [0.25, 0.3) is 11.0 Å². The molecule has 1 aromatic heterocycles. The SMILES string of the molecule is N[C@@H](Cc1ccccc1)[C@H](O)CC(OC1CCCC1)S(=O)(=O)c1ccc2nccnc2c1. The Labute approximate surface area is 188 Å². The van der Waals surface area contributed by atoms with Gasteiger partial charge in [0, 0.05) is 24.9 Å². The number of benzene rings is 2. The molecule has 0 amide bonds. The summed E-state index contributed by atoms with van der Waals surface area (Å²) in [5.41, 5.74) is 7.16. The lowest BCUT2D eigenvalue weighted by Crippen LogP contribution is -2.42. The van der Waals surface area contributed by atoms with Gasteiger partial charge in [-0.05, 0) is 43.0 Å². The maximum Gasteiger partial charge on any atom is 0.205 e. The van der Waals surface area contributed by atoms with E-state index in [1.165, 1.54) is 18.3 Å². The number of aromatic nitrogens is 2. The molecule has 0 saturated heterocycles. The molecule has 3 N–H and O–H groups in total. The van der Waals surface area contributed by atoms with E-state index in [0.29, 0.717) is 17.5 Å². The van der Waals surface area contributed by atoms with Gasteiger partial charge in [-0.3, -0.25) is 9.97 Å². The Balaban J connectivity index is 1.57. The van der Waals surface area contributed by atoms with E-state index < -0.39 is 27.4 Å². The fourth-order valence-corrected chi connectivity index (χ4v) is 5.75. The number of aliphatic hydroxyl groups excluding tert-OH is 1. The van der Waals surface area contributed by atoms with Gasteiger partial charge in [0.05, 0.1) is 28.1 Å². The molecule has 8 heteroatoms. The van der Waals surface area contributed by atoms with Crippen molar-refractivity contribution >= 4 is 20.9 Å². The Bertz CT molecular complexity index is 1130. The molecule has 1 aliphatic carbocycles. The summed E-state index contributed by atoms with van der Waals surface area (Å²) in [5, 5.41) is 10.8. The predicted molar refractivity (Wildman–Crippen MR) is 123 cm³/mol. The Kier molecular flexibility index (Phi) is 7.15. The van der Waals surface area contributed by atoms with Crippen molar-refractivity contribution in [1.29, 1.82) is 0 Å². The van der Waals surface area contributed by atoms with Gasteiger partial charge in [-0.25, -0.2) is 8.42 Å². The maximum absolute atomic E-state index is 13.6. The zero-order chi connectivity index (χ0) is 22.6. The van der Waals surface area contributed by atoms with Crippen LogP contribution in [-0.2, 0) is 21.0 Å². The molecule has 170 valence electrons. The zero-order valence-corrected chi connectivity index (χ0v) is 18.7. The summed E-state index contributed by atoms with van der Waals surface area (Å²) in [7, 11) is -3.89. The molecule has 1 aliphatic rings. The third-order valence-corrected chi connectivity index (χ3v) is 7.91. The number of hydrogen-bond acceptors (Lipinski definition) is 7. The highest BCUT2D eigenvalue weighted by atomic mass is 32.2. The molecular weight excluding hydrogens is 426 g/mol. The van der Waals surface area contributed by atoms with Crippen molar-refractivity contribution in [1.82, 2.24) is 9.97 Å². The molecule has 3 aromatic rings. The summed E-state index contributed by atoms with van der Waals surface area (Å²) in [6, 6.07) is 13.7. The molecule has 1 saturated carbocycles. The quantitative estimate of drug-likeness (QED) is 0.509. The Morgan fingerprint density at radius 1 is 1.03 bits per heavy atom. The van der Waals surface area contributed by atoms with Gasteiger partial charge in [0.2, 0.25) is 9.84 Å². The van der Waals surface area contributed by atoms with Crippen molar-refractivity contribution in [3.63, 3.8) is 0 Å². The number of sulfone groups is 1. The molecule has 0 spiro atoms. The summed E-state index contributed by atoms with van der Waals surface area (Å²) < 4.78 is 33.2. The van der Waals surface area contributed by atoms with Crippen LogP contribution < -0.4 is 5.73 Å². The first kappa shape index (κ1) is 22.8. The van der Waals surface area contributed by atoms with Crippen LogP contribution in [0.5, 0.6) is 0 Å². The van der Waals surface area contributed by atoms with E-state index in [2.05, 4.69) is 9.97 Å². The summed E-state index contributed by atoms with van der Waals surface area (Å²) in [5.74, 6) is 0. The first-order chi connectivity index (χ1) is 15.4. The lowest BCUT2D eigenvalue weighted by molar-refractivity contribution is 0.00304. The van der Waals surface area contributed by atoms with Crippen LogP contribution in [0.1, 0.15) is 37.7 Å². The van der Waals surface area contributed by atoms with Gasteiger partial charge in [0.15, 0.2) is 5.44 Å². The summed E-state index contributed by atoms with van der Waals surface area (Å²) >= 11 is 0. The predicted octanol–water partition coefficient (Wildman–Crippen LogP) is 3.01. The van der Waals surface area contributed by atoms with Crippen molar-refractivity contribution in [2.75, 3.05) is 0 Å². The zero-order valence-electron chi connectivity index (χ0n) is 17.9. The minimum atomic E-state index is -3.89. The average molecular weight is 456 g/mol. The van der Waals surface area contributed by atoms with Gasteiger partial charge in [0.25, 0.3) is 0 Å². The highest BCUT2D eigenvalue weighted by Crippen LogP contribution is 2.29. The first-order valence-electron chi connectivity index (χ1n) is 11.0. The molecule has 1 unspecified atom stereocenters. The molecule has 1 heterocycles. The fraction of sp³-hybridized carbons (Fsp3) is 0.417. The second kappa shape index (κ2) is 10.0. The minimum Gasteiger partial charge on any atom is -0.391 e. The van der Waals surface area contributed by atoms with Crippen LogP contribution in [-0.4, -0.2) is 47.2 Å². The number of hydrogen-bond donors (Lipinski definition) is 2. The van der Waals surface area contributed by atoms with Crippen molar-refractivity contribution in [3.8, 4) is 0 Å². The first-order valence-corrected chi connectivity index (χ1v) is 12.6. The van der Waals surface area contributed by atoms with Crippen LogP contribution >= 0.6 is 0 Å². The lowest BCUT2D eigenvalue weighted by atomic mass is 10.0. The number of ether oxygens (including phenoxy) is 1. The summed E-state index contributed by atoms with van der Waals surface area (Å²) in [4.78, 5) is 8.52. The number of aliphatic hydroxyl groups is 1. The molecule has 0 bridgehead atoms. The van der Waals surface area contributed by atoms with Crippen molar-refractivity contribution in [3.05, 3.63) is 66.5 Å². The second-order valence-electron chi connectivity index (χ2n) is 8.38. The smallest absolute Gasteiger partial charge is 0.205 e. The van der Waals surface area contributed by atoms with Gasteiger partial charge in [-0.15, -0.1) is 0 Å². The monoisotopic (exact) mass is 455 g/mol. The third kappa shape index (κ3) is 5.32. The van der Waals surface area contributed by atoms with E-state index in [0.717, 1.165) is 31.2 Å². The highest BCUT2D eigenvalue weighted by Gasteiger charge is 2.35. The molecular formula is C24H29N3O4S. The Hall–Kier alpha value is -2.39. The lowest BCUT2D eigenvalue weighted by Gasteiger charge is -2.27. The van der Waals surface area contributed by atoms with Gasteiger partial charge < -0.3 is 15.6 Å². The molecule has 0 aliphatic heterocycles. The second-order valence-corrected chi connectivity index (χ2v) is 10.5. The van der Waals surface area contributed by atoms with E-state index in [4.69, 9.17) is 10.5 Å². The van der Waals surface area contributed by atoms with Crippen LogP contribution in [0, 0.1) is 0 Å². The molecule has 3 atom stereocenters. The molecule has 7 nitrogen and oxygen atoms in total. The van der Waals surface area contributed by atoms with Crippen LogP contribution in [0.3, 0.4) is 0 Å². The van der Waals surface area contributed by atoms with Gasteiger partial charge in [0.1, 0.15) is 0 Å². The molecule has 0 radical (unpaired) electrons. The number of rotatable bonds is 9. The van der Waals surface area contributed by atoms with E-state index in [1.54, 1.807) is 12.3 Å². The largest absolute Gasteiger partial charge is 0.391 e. The molecule has 32 heavy (non-hydrogen) atoms. The highest BCUT2D eigenvalue weighted by molar-refractivity contribution is 7.92. The topological polar surface area (TPSA) is 115 Å². The van der Waals surface area contributed by atoms with Crippen molar-refractivity contribution < 1.29 is 18.3 Å². The molecule has 1 fully saturated rings. The van der Waals surface area contributed by atoms with Crippen molar-refractivity contribution in [2.24, 2.45) is 5.73 Å². The number of nitrogens with two attached hydrogens (primary N) is 1. The van der Waals surface area contributed by atoms with Gasteiger partial charge >= 0.3 is 0 Å². The molecule has 2 aromatic carbocycles. The maximum atomic E-state index is 13.6. The number of nitrogens with zero attached hydrogens (tertiary/aromatic N) is 2. The number of fused-ring (bicyclic) bond motifs is 1. The van der Waals surface area contributed by atoms with Gasteiger partial charge in [-0.2, -0.15) is 0 Å². The van der Waals surface area contributed by atoms with Gasteiger partial charge in [-0.1, -0.05) is 43.2 Å². The van der Waals surface area contributed by atoms with Crippen molar-refractivity contribution in [2.45, 2.75) is 67.1 Å². The Morgan fingerprint density at radius 3 is 2.44 bits per heavy atom. The van der Waals surface area contributed by atoms with Crippen LogP contribution in [0.15, 0.2) is 65.8 Å². The van der Waals surface area contributed by atoms with Crippen LogP contribution in [0.4, 0.5) is 0 Å². The third-order valence-electron chi connectivity index (χ3n) is 6.00. The van der Waals surface area contributed by atoms with E-state index in [-0.39, 0.29) is 17.4 Å². The van der Waals surface area contributed by atoms with E-state index in [1.807, 2.05) is 30.3 Å². The fourth-order valence-electron chi connectivity index (χ4n) is 4.16. The average Bonchev–Trinajstić information content (AvgIpc) is 3.32.